The summed E-state index contributed by atoms with van der Waals surface area (Å²) in [4.78, 5) is 0. The second-order valence-corrected chi connectivity index (χ2v) is 5.37. The second-order valence-electron chi connectivity index (χ2n) is 4.96. The molecule has 1 atom stereocenters. The number of ether oxygens (including phenoxy) is 2. The minimum absolute atomic E-state index is 0.102. The number of rotatable bonds is 5. The predicted octanol–water partition coefficient (Wildman–Crippen LogP) is 4.84. The summed E-state index contributed by atoms with van der Waals surface area (Å²) in [6.07, 6.45) is 0. The van der Waals surface area contributed by atoms with Crippen LogP contribution in [0.4, 0.5) is 5.69 Å². The van der Waals surface area contributed by atoms with Gasteiger partial charge in [0.2, 0.25) is 0 Å². The molecule has 0 heterocycles. The van der Waals surface area contributed by atoms with Gasteiger partial charge in [-0.1, -0.05) is 23.7 Å². The average molecular weight is 306 g/mol. The largest absolute Gasteiger partial charge is 0.496 e. The third-order valence-electron chi connectivity index (χ3n) is 3.39. The molecule has 2 aromatic carbocycles. The lowest BCUT2D eigenvalue weighted by atomic mass is 10.0. The zero-order valence-electron chi connectivity index (χ0n) is 12.7. The number of halogens is 1. The van der Waals surface area contributed by atoms with E-state index in [0.29, 0.717) is 10.8 Å². The van der Waals surface area contributed by atoms with Crippen LogP contribution in [0.5, 0.6) is 11.5 Å². The number of hydrogen-bond donors (Lipinski definition) is 1. The van der Waals surface area contributed by atoms with Gasteiger partial charge in [0.05, 0.1) is 25.3 Å². The molecule has 1 N–H and O–H groups in total. The Hall–Kier alpha value is -1.87. The molecule has 0 aromatic heterocycles. The molecule has 0 bridgehead atoms. The zero-order chi connectivity index (χ0) is 15.4. The number of anilines is 1. The highest BCUT2D eigenvalue weighted by Crippen LogP contribution is 2.31. The normalized spacial score (nSPS) is 11.9. The molecular formula is C17H20ClNO2. The van der Waals surface area contributed by atoms with Crippen molar-refractivity contribution in [2.75, 3.05) is 19.5 Å². The number of benzene rings is 2. The van der Waals surface area contributed by atoms with Crippen LogP contribution in [0.3, 0.4) is 0 Å². The summed E-state index contributed by atoms with van der Waals surface area (Å²) in [6, 6.07) is 12.0. The highest BCUT2D eigenvalue weighted by molar-refractivity contribution is 6.32. The van der Waals surface area contributed by atoms with Crippen molar-refractivity contribution in [1.29, 1.82) is 0 Å². The molecule has 0 saturated carbocycles. The van der Waals surface area contributed by atoms with Crippen molar-refractivity contribution >= 4 is 17.3 Å². The van der Waals surface area contributed by atoms with E-state index in [9.17, 15) is 0 Å². The Labute approximate surface area is 130 Å². The van der Waals surface area contributed by atoms with Crippen LogP contribution in [0, 0.1) is 6.92 Å². The van der Waals surface area contributed by atoms with Crippen LogP contribution in [-0.4, -0.2) is 14.2 Å². The van der Waals surface area contributed by atoms with Gasteiger partial charge in [-0.15, -0.1) is 0 Å². The Morgan fingerprint density at radius 3 is 2.33 bits per heavy atom. The Balaban J connectivity index is 2.21. The minimum atomic E-state index is 0.102. The molecule has 0 aliphatic carbocycles. The first kappa shape index (κ1) is 15.5. The minimum Gasteiger partial charge on any atom is -0.496 e. The molecule has 21 heavy (non-hydrogen) atoms. The van der Waals surface area contributed by atoms with Gasteiger partial charge in [0.1, 0.15) is 11.5 Å². The number of hydrogen-bond acceptors (Lipinski definition) is 3. The van der Waals surface area contributed by atoms with Gasteiger partial charge in [-0.05, 0) is 43.7 Å². The van der Waals surface area contributed by atoms with Crippen LogP contribution in [0.2, 0.25) is 5.02 Å². The maximum Gasteiger partial charge on any atom is 0.137 e. The van der Waals surface area contributed by atoms with Crippen LogP contribution >= 0.6 is 11.6 Å². The highest BCUT2D eigenvalue weighted by atomic mass is 35.5. The molecule has 0 fully saturated rings. The van der Waals surface area contributed by atoms with Gasteiger partial charge in [-0.3, -0.25) is 0 Å². The number of nitrogens with one attached hydrogen (secondary N) is 1. The Bertz CT molecular complexity index is 628. The quantitative estimate of drug-likeness (QED) is 0.857. The molecule has 112 valence electrons. The average Bonchev–Trinajstić information content (AvgIpc) is 2.47. The van der Waals surface area contributed by atoms with Crippen molar-refractivity contribution in [3.05, 3.63) is 52.5 Å². The lowest BCUT2D eigenvalue weighted by Gasteiger charge is -2.19. The molecule has 0 aliphatic heterocycles. The zero-order valence-corrected chi connectivity index (χ0v) is 13.5. The van der Waals surface area contributed by atoms with Crippen molar-refractivity contribution in [1.82, 2.24) is 0 Å². The van der Waals surface area contributed by atoms with Crippen LogP contribution in [0.1, 0.15) is 24.1 Å². The van der Waals surface area contributed by atoms with Crippen LogP contribution in [-0.2, 0) is 0 Å². The van der Waals surface area contributed by atoms with Crippen molar-refractivity contribution in [2.45, 2.75) is 19.9 Å². The molecule has 0 saturated heterocycles. The van der Waals surface area contributed by atoms with Crippen molar-refractivity contribution in [2.24, 2.45) is 0 Å². The molecular weight excluding hydrogens is 286 g/mol. The maximum absolute atomic E-state index is 6.15. The van der Waals surface area contributed by atoms with E-state index in [2.05, 4.69) is 24.4 Å². The predicted molar refractivity (Wildman–Crippen MR) is 87.8 cm³/mol. The topological polar surface area (TPSA) is 30.5 Å². The van der Waals surface area contributed by atoms with E-state index in [1.54, 1.807) is 14.2 Å². The van der Waals surface area contributed by atoms with E-state index >= 15 is 0 Å². The molecule has 1 unspecified atom stereocenters. The molecule has 0 aliphatic rings. The van der Waals surface area contributed by atoms with Crippen molar-refractivity contribution < 1.29 is 9.47 Å². The van der Waals surface area contributed by atoms with E-state index in [0.717, 1.165) is 17.0 Å². The molecule has 2 aromatic rings. The lowest BCUT2D eigenvalue weighted by Crippen LogP contribution is -2.08. The fourth-order valence-corrected chi connectivity index (χ4v) is 2.52. The second kappa shape index (κ2) is 6.72. The molecule has 4 heteroatoms. The SMILES string of the molecule is COc1ccc(NC(C)c2ccc(C)cc2OC)cc1Cl. The molecule has 3 nitrogen and oxygen atoms in total. The summed E-state index contributed by atoms with van der Waals surface area (Å²) in [5.41, 5.74) is 3.22. The maximum atomic E-state index is 6.15. The van der Waals surface area contributed by atoms with E-state index in [1.165, 1.54) is 5.56 Å². The van der Waals surface area contributed by atoms with Gasteiger partial charge in [0, 0.05) is 11.3 Å². The standard InChI is InChI=1S/C17H20ClNO2/c1-11-5-7-14(17(9-11)21-4)12(2)19-13-6-8-16(20-3)15(18)10-13/h5-10,12,19H,1-4H3. The summed E-state index contributed by atoms with van der Waals surface area (Å²) in [5.74, 6) is 1.55. The van der Waals surface area contributed by atoms with E-state index < -0.39 is 0 Å². The van der Waals surface area contributed by atoms with Gasteiger partial charge in [0.25, 0.3) is 0 Å². The fourth-order valence-electron chi connectivity index (χ4n) is 2.26. The van der Waals surface area contributed by atoms with Crippen molar-refractivity contribution in [3.63, 3.8) is 0 Å². The summed E-state index contributed by atoms with van der Waals surface area (Å²) < 4.78 is 10.6. The molecule has 2 rings (SSSR count). The van der Waals surface area contributed by atoms with Gasteiger partial charge in [0.15, 0.2) is 0 Å². The molecule has 0 amide bonds. The fraction of sp³-hybridized carbons (Fsp3) is 0.294. The first-order chi connectivity index (χ1) is 10.0. The highest BCUT2D eigenvalue weighted by Gasteiger charge is 2.12. The summed E-state index contributed by atoms with van der Waals surface area (Å²) in [6.45, 7) is 4.14. The van der Waals surface area contributed by atoms with Gasteiger partial charge >= 0.3 is 0 Å². The third-order valence-corrected chi connectivity index (χ3v) is 3.69. The van der Waals surface area contributed by atoms with Crippen LogP contribution < -0.4 is 14.8 Å². The van der Waals surface area contributed by atoms with Gasteiger partial charge in [-0.25, -0.2) is 0 Å². The number of aryl methyl sites for hydroxylation is 1. The lowest BCUT2D eigenvalue weighted by molar-refractivity contribution is 0.407. The van der Waals surface area contributed by atoms with E-state index in [4.69, 9.17) is 21.1 Å². The first-order valence-electron chi connectivity index (χ1n) is 6.79. The number of methoxy groups -OCH3 is 2. The van der Waals surface area contributed by atoms with E-state index in [1.807, 2.05) is 31.2 Å². The summed E-state index contributed by atoms with van der Waals surface area (Å²) in [5, 5.41) is 4.01. The Kier molecular flexibility index (Phi) is 4.97. The Morgan fingerprint density at radius 2 is 1.71 bits per heavy atom. The summed E-state index contributed by atoms with van der Waals surface area (Å²) in [7, 11) is 3.29. The van der Waals surface area contributed by atoms with Gasteiger partial charge < -0.3 is 14.8 Å². The van der Waals surface area contributed by atoms with Crippen LogP contribution in [0.25, 0.3) is 0 Å². The Morgan fingerprint density at radius 1 is 1.00 bits per heavy atom. The van der Waals surface area contributed by atoms with Crippen molar-refractivity contribution in [3.8, 4) is 11.5 Å². The molecule has 0 spiro atoms. The van der Waals surface area contributed by atoms with Gasteiger partial charge in [-0.2, -0.15) is 0 Å². The van der Waals surface area contributed by atoms with Crippen LogP contribution in [0.15, 0.2) is 36.4 Å². The summed E-state index contributed by atoms with van der Waals surface area (Å²) >= 11 is 6.15. The first-order valence-corrected chi connectivity index (χ1v) is 7.17. The van der Waals surface area contributed by atoms with E-state index in [-0.39, 0.29) is 6.04 Å². The smallest absolute Gasteiger partial charge is 0.137 e. The molecule has 0 radical (unpaired) electrons. The monoisotopic (exact) mass is 305 g/mol. The third kappa shape index (κ3) is 3.61.